The Kier molecular flexibility index (Phi) is 5.93. The molecule has 1 aromatic rings. The number of carbonyl (C=O) groups excluding carboxylic acids is 1. The summed E-state index contributed by atoms with van der Waals surface area (Å²) in [4.78, 5) is 23.7. The minimum atomic E-state index is -0.248. The number of fused-ring (bicyclic) bond motifs is 1. The van der Waals surface area contributed by atoms with Gasteiger partial charge >= 0.3 is 0 Å². The molecule has 2 fully saturated rings. The summed E-state index contributed by atoms with van der Waals surface area (Å²) in [6.45, 7) is 13.8. The highest BCUT2D eigenvalue weighted by molar-refractivity contribution is 5.94. The van der Waals surface area contributed by atoms with Crippen LogP contribution < -0.4 is 9.80 Å². The zero-order valence-corrected chi connectivity index (χ0v) is 20.0. The van der Waals surface area contributed by atoms with E-state index in [0.29, 0.717) is 17.9 Å². The van der Waals surface area contributed by atoms with Crippen LogP contribution in [0.4, 0.5) is 11.4 Å². The maximum atomic E-state index is 12.6. The molecule has 0 spiro atoms. The van der Waals surface area contributed by atoms with Crippen LogP contribution in [0.25, 0.3) is 0 Å². The van der Waals surface area contributed by atoms with Crippen LogP contribution in [0.2, 0.25) is 0 Å². The van der Waals surface area contributed by atoms with Crippen molar-refractivity contribution in [1.29, 1.82) is 0 Å². The zero-order chi connectivity index (χ0) is 22.3. The lowest BCUT2D eigenvalue weighted by molar-refractivity contribution is -0.117. The van der Waals surface area contributed by atoms with Gasteiger partial charge in [0.25, 0.3) is 6.02 Å². The van der Waals surface area contributed by atoms with Gasteiger partial charge in [0.05, 0.1) is 0 Å². The third-order valence-corrected chi connectivity index (χ3v) is 6.69. The van der Waals surface area contributed by atoms with E-state index in [9.17, 15) is 4.79 Å². The van der Waals surface area contributed by atoms with Crippen molar-refractivity contribution in [3.63, 3.8) is 0 Å². The molecule has 2 aliphatic heterocycles. The molecule has 6 heteroatoms. The van der Waals surface area contributed by atoms with Gasteiger partial charge in [-0.3, -0.25) is 4.79 Å². The van der Waals surface area contributed by atoms with E-state index < -0.39 is 0 Å². The molecule has 0 aromatic heterocycles. The Labute approximate surface area is 187 Å². The number of aliphatic imine (C=N–C) groups is 1. The fraction of sp³-hybridized carbons (Fsp3) is 0.680. The highest BCUT2D eigenvalue weighted by Gasteiger charge is 2.43. The third kappa shape index (κ3) is 4.68. The van der Waals surface area contributed by atoms with E-state index in [4.69, 9.17) is 4.74 Å². The summed E-state index contributed by atoms with van der Waals surface area (Å²) in [5, 5.41) is 0. The van der Waals surface area contributed by atoms with Gasteiger partial charge in [-0.2, -0.15) is 0 Å². The number of amides is 1. The Morgan fingerprint density at radius 1 is 1.13 bits per heavy atom. The van der Waals surface area contributed by atoms with Gasteiger partial charge in [-0.15, -0.1) is 0 Å². The van der Waals surface area contributed by atoms with Gasteiger partial charge in [0, 0.05) is 57.6 Å². The van der Waals surface area contributed by atoms with E-state index in [1.165, 1.54) is 24.1 Å². The largest absolute Gasteiger partial charge is 0.459 e. The van der Waals surface area contributed by atoms with E-state index in [-0.39, 0.29) is 11.5 Å². The molecule has 1 aliphatic carbocycles. The number of ether oxygens (including phenoxy) is 1. The molecule has 6 nitrogen and oxygen atoms in total. The second-order valence-electron chi connectivity index (χ2n) is 10.4. The minimum absolute atomic E-state index is 0.177. The lowest BCUT2D eigenvalue weighted by Gasteiger charge is -2.42. The van der Waals surface area contributed by atoms with Gasteiger partial charge < -0.3 is 19.4 Å². The van der Waals surface area contributed by atoms with E-state index in [1.54, 1.807) is 14.0 Å². The number of rotatable bonds is 2. The standard InChI is InChI=1S/C25H38N4O2/c1-17-15-20-16-21(9-10-22(20)29(18(2)30)23(17)19-7-8-19)27-11-13-28(14-12-27)24(26-6)31-25(3,4)5/h9-10,16-17,19,23H,7-8,11-15H2,1-6H3/b26-24-/t17?,23-/m1/s1. The summed E-state index contributed by atoms with van der Waals surface area (Å²) in [7, 11) is 1.80. The Bertz CT molecular complexity index is 848. The van der Waals surface area contributed by atoms with Crippen molar-refractivity contribution in [1.82, 2.24) is 4.90 Å². The maximum absolute atomic E-state index is 12.6. The van der Waals surface area contributed by atoms with Crippen LogP contribution >= 0.6 is 0 Å². The summed E-state index contributed by atoms with van der Waals surface area (Å²) in [6, 6.07) is 7.80. The molecule has 1 saturated heterocycles. The summed E-state index contributed by atoms with van der Waals surface area (Å²) in [6.07, 6.45) is 3.58. The van der Waals surface area contributed by atoms with Crippen molar-refractivity contribution in [2.45, 2.75) is 65.5 Å². The molecule has 0 bridgehead atoms. The van der Waals surface area contributed by atoms with Crippen molar-refractivity contribution in [2.75, 3.05) is 43.0 Å². The summed E-state index contributed by atoms with van der Waals surface area (Å²) < 4.78 is 6.04. The monoisotopic (exact) mass is 426 g/mol. The number of piperazine rings is 1. The lowest BCUT2D eigenvalue weighted by atomic mass is 9.84. The van der Waals surface area contributed by atoms with E-state index >= 15 is 0 Å². The number of amidine groups is 1. The van der Waals surface area contributed by atoms with Gasteiger partial charge in [0.1, 0.15) is 5.60 Å². The molecule has 3 aliphatic rings. The summed E-state index contributed by atoms with van der Waals surface area (Å²) in [5.41, 5.74) is 3.45. The molecule has 1 unspecified atom stereocenters. The van der Waals surface area contributed by atoms with Crippen molar-refractivity contribution >= 4 is 23.3 Å². The molecule has 1 saturated carbocycles. The maximum Gasteiger partial charge on any atom is 0.287 e. The average Bonchev–Trinajstić information content (AvgIpc) is 3.55. The second-order valence-corrected chi connectivity index (χ2v) is 10.4. The SMILES string of the molecule is C/N=C(\OC(C)(C)C)N1CCN(c2ccc3c(c2)CC(C)[C@H](C2CC2)N3C(C)=O)CC1. The molecule has 0 N–H and O–H groups in total. The first-order chi connectivity index (χ1) is 14.7. The predicted octanol–water partition coefficient (Wildman–Crippen LogP) is 3.93. The Morgan fingerprint density at radius 3 is 2.35 bits per heavy atom. The van der Waals surface area contributed by atoms with Crippen molar-refractivity contribution < 1.29 is 9.53 Å². The zero-order valence-electron chi connectivity index (χ0n) is 20.0. The number of carbonyl (C=O) groups is 1. The van der Waals surface area contributed by atoms with Gasteiger partial charge in [-0.05, 0) is 75.6 Å². The molecule has 1 amide bonds. The number of hydrogen-bond acceptors (Lipinski definition) is 4. The highest BCUT2D eigenvalue weighted by Crippen LogP contribution is 2.46. The molecular formula is C25H38N4O2. The van der Waals surface area contributed by atoms with Gasteiger partial charge in [-0.25, -0.2) is 4.99 Å². The molecule has 2 atom stereocenters. The van der Waals surface area contributed by atoms with Crippen LogP contribution in [-0.2, 0) is 16.0 Å². The Balaban J connectivity index is 1.48. The first-order valence-electron chi connectivity index (χ1n) is 11.8. The molecule has 4 rings (SSSR count). The van der Waals surface area contributed by atoms with Crippen LogP contribution in [0.1, 0.15) is 53.0 Å². The normalized spacial score (nSPS) is 24.8. The van der Waals surface area contributed by atoms with Crippen LogP contribution in [-0.4, -0.2) is 61.7 Å². The van der Waals surface area contributed by atoms with Crippen molar-refractivity contribution in [3.8, 4) is 0 Å². The van der Waals surface area contributed by atoms with Crippen molar-refractivity contribution in [2.24, 2.45) is 16.8 Å². The fourth-order valence-electron chi connectivity index (χ4n) is 5.22. The number of anilines is 2. The lowest BCUT2D eigenvalue weighted by Crippen LogP contribution is -2.51. The van der Waals surface area contributed by atoms with Crippen LogP contribution in [0, 0.1) is 11.8 Å². The summed E-state index contributed by atoms with van der Waals surface area (Å²) in [5.74, 6) is 1.37. The number of hydrogen-bond donors (Lipinski definition) is 0. The minimum Gasteiger partial charge on any atom is -0.459 e. The Morgan fingerprint density at radius 2 is 1.81 bits per heavy atom. The molecule has 170 valence electrons. The van der Waals surface area contributed by atoms with Crippen molar-refractivity contribution in [3.05, 3.63) is 23.8 Å². The van der Waals surface area contributed by atoms with Crippen LogP contribution in [0.5, 0.6) is 0 Å². The highest BCUT2D eigenvalue weighted by atomic mass is 16.5. The fourth-order valence-corrected chi connectivity index (χ4v) is 5.22. The topological polar surface area (TPSA) is 48.4 Å². The van der Waals surface area contributed by atoms with Gasteiger partial charge in [0.2, 0.25) is 5.91 Å². The quantitative estimate of drug-likeness (QED) is 0.531. The molecule has 2 heterocycles. The molecular weight excluding hydrogens is 388 g/mol. The van der Waals surface area contributed by atoms with E-state index in [0.717, 1.165) is 44.3 Å². The summed E-state index contributed by atoms with van der Waals surface area (Å²) >= 11 is 0. The van der Waals surface area contributed by atoms with Gasteiger partial charge in [0.15, 0.2) is 0 Å². The smallest absolute Gasteiger partial charge is 0.287 e. The predicted molar refractivity (Wildman–Crippen MR) is 127 cm³/mol. The van der Waals surface area contributed by atoms with Crippen LogP contribution in [0.15, 0.2) is 23.2 Å². The first-order valence-corrected chi connectivity index (χ1v) is 11.8. The van der Waals surface area contributed by atoms with E-state index in [2.05, 4.69) is 65.6 Å². The third-order valence-electron chi connectivity index (χ3n) is 6.69. The Hall–Kier alpha value is -2.24. The van der Waals surface area contributed by atoms with Crippen LogP contribution in [0.3, 0.4) is 0 Å². The molecule has 31 heavy (non-hydrogen) atoms. The van der Waals surface area contributed by atoms with E-state index in [1.807, 2.05) is 0 Å². The molecule has 0 radical (unpaired) electrons. The first kappa shape index (κ1) is 22.0. The second kappa shape index (κ2) is 8.36. The number of benzene rings is 1. The average molecular weight is 427 g/mol. The number of nitrogens with zero attached hydrogens (tertiary/aromatic N) is 4. The van der Waals surface area contributed by atoms with Gasteiger partial charge in [-0.1, -0.05) is 6.92 Å². The molecule has 1 aromatic carbocycles.